The van der Waals surface area contributed by atoms with Crippen LogP contribution in [0.3, 0.4) is 0 Å². The maximum absolute atomic E-state index is 7.13. The average Bonchev–Trinajstić information content (AvgIpc) is 3.70. The number of nitrogens with zero attached hydrogens (tertiary/aromatic N) is 3. The molecule has 1 saturated carbocycles. The first-order valence-corrected chi connectivity index (χ1v) is 21.8. The largest absolute Gasteiger partial charge is 0.468 e. The standard InChI is InChI=1S/C54H54BN3O/c1-51(2,3)35-22-26-37(27-23-35)56-44-19-15-20-45-48(44)55(50-49(40-16-9-12-21-47(40)59-50)57(45)38-28-24-36(25-29-38)52(4,5)6)42-31-30-39(34-46(42)56)58-43-18-11-10-17-41(43)53(7)32-13-14-33-54(53,58)8/h9-12,15-31,34H,13-14,32-33H2,1-8H3. The van der Waals surface area contributed by atoms with Gasteiger partial charge in [-0.15, -0.1) is 0 Å². The molecule has 6 aromatic carbocycles. The lowest BCUT2D eigenvalue weighted by atomic mass is 9.35. The van der Waals surface area contributed by atoms with Crippen molar-refractivity contribution in [3.05, 3.63) is 150 Å². The Morgan fingerprint density at radius 3 is 1.83 bits per heavy atom. The van der Waals surface area contributed by atoms with Crippen LogP contribution in [0.25, 0.3) is 11.0 Å². The molecule has 1 aliphatic carbocycles. The zero-order valence-corrected chi connectivity index (χ0v) is 35.9. The fraction of sp³-hybridized carbons (Fsp3) is 0.296. The van der Waals surface area contributed by atoms with Crippen LogP contribution in [0.15, 0.2) is 138 Å². The van der Waals surface area contributed by atoms with Crippen LogP contribution in [-0.4, -0.2) is 12.3 Å². The van der Waals surface area contributed by atoms with Gasteiger partial charge in [-0.1, -0.05) is 128 Å². The van der Waals surface area contributed by atoms with Gasteiger partial charge in [-0.05, 0) is 125 Å². The molecule has 0 bridgehead atoms. The number of furan rings is 1. The highest BCUT2D eigenvalue weighted by Crippen LogP contribution is 2.61. The summed E-state index contributed by atoms with van der Waals surface area (Å²) in [4.78, 5) is 7.72. The summed E-state index contributed by atoms with van der Waals surface area (Å²) in [6.07, 6.45) is 4.89. The summed E-state index contributed by atoms with van der Waals surface area (Å²) in [5, 5.41) is 1.13. The zero-order chi connectivity index (χ0) is 40.6. The minimum absolute atomic E-state index is 0.0398. The molecular weight excluding hydrogens is 717 g/mol. The first kappa shape index (κ1) is 36.4. The summed E-state index contributed by atoms with van der Waals surface area (Å²) in [5.74, 6) is 0. The Labute approximate surface area is 350 Å². The topological polar surface area (TPSA) is 22.9 Å². The van der Waals surface area contributed by atoms with Crippen molar-refractivity contribution in [3.63, 3.8) is 0 Å². The Bertz CT molecular complexity index is 2810. The summed E-state index contributed by atoms with van der Waals surface area (Å²) in [5.41, 5.74) is 18.4. The van der Waals surface area contributed by atoms with Crippen molar-refractivity contribution < 1.29 is 4.42 Å². The van der Waals surface area contributed by atoms with E-state index in [-0.39, 0.29) is 28.5 Å². The van der Waals surface area contributed by atoms with Crippen molar-refractivity contribution in [2.75, 3.05) is 14.7 Å². The molecule has 3 aliphatic heterocycles. The van der Waals surface area contributed by atoms with Crippen LogP contribution in [0.1, 0.15) is 97.8 Å². The van der Waals surface area contributed by atoms with Gasteiger partial charge in [0, 0.05) is 50.6 Å². The highest BCUT2D eigenvalue weighted by Gasteiger charge is 2.58. The lowest BCUT2D eigenvalue weighted by molar-refractivity contribution is 0.195. The molecule has 2 atom stereocenters. The highest BCUT2D eigenvalue weighted by atomic mass is 16.3. The molecule has 0 saturated heterocycles. The van der Waals surface area contributed by atoms with Gasteiger partial charge in [-0.3, -0.25) is 0 Å². The van der Waals surface area contributed by atoms with E-state index in [1.165, 1.54) is 75.3 Å². The van der Waals surface area contributed by atoms with Crippen LogP contribution in [0.5, 0.6) is 0 Å². The Balaban J connectivity index is 1.17. The van der Waals surface area contributed by atoms with E-state index < -0.39 is 0 Å². The van der Waals surface area contributed by atoms with E-state index in [1.807, 2.05) is 0 Å². The predicted octanol–water partition coefficient (Wildman–Crippen LogP) is 12.9. The molecule has 11 rings (SSSR count). The van der Waals surface area contributed by atoms with Crippen LogP contribution < -0.4 is 31.3 Å². The molecule has 59 heavy (non-hydrogen) atoms. The summed E-state index contributed by atoms with van der Waals surface area (Å²) in [7, 11) is 0. The number of para-hydroxylation sites is 2. The molecule has 7 aromatic rings. The number of benzene rings is 6. The number of hydrogen-bond acceptors (Lipinski definition) is 4. The van der Waals surface area contributed by atoms with E-state index in [9.17, 15) is 0 Å². The first-order valence-electron chi connectivity index (χ1n) is 21.8. The Kier molecular flexibility index (Phi) is 7.67. The second-order valence-electron chi connectivity index (χ2n) is 20.1. The van der Waals surface area contributed by atoms with Gasteiger partial charge < -0.3 is 19.1 Å². The Morgan fingerprint density at radius 1 is 0.559 bits per heavy atom. The van der Waals surface area contributed by atoms with E-state index in [0.29, 0.717) is 0 Å². The molecular formula is C54H54BN3O. The molecule has 5 heteroatoms. The molecule has 0 spiro atoms. The van der Waals surface area contributed by atoms with Crippen molar-refractivity contribution in [1.82, 2.24) is 0 Å². The fourth-order valence-electron chi connectivity index (χ4n) is 11.4. The van der Waals surface area contributed by atoms with E-state index in [2.05, 4.69) is 204 Å². The first-order chi connectivity index (χ1) is 28.3. The lowest BCUT2D eigenvalue weighted by Gasteiger charge is -2.50. The van der Waals surface area contributed by atoms with E-state index >= 15 is 0 Å². The summed E-state index contributed by atoms with van der Waals surface area (Å²) in [6.45, 7) is 18.7. The number of anilines is 8. The second-order valence-corrected chi connectivity index (χ2v) is 20.1. The Hall–Kier alpha value is -5.68. The van der Waals surface area contributed by atoms with Crippen LogP contribution in [0, 0.1) is 0 Å². The fourth-order valence-corrected chi connectivity index (χ4v) is 11.4. The lowest BCUT2D eigenvalue weighted by Crippen LogP contribution is -2.61. The summed E-state index contributed by atoms with van der Waals surface area (Å²) in [6, 6.07) is 50.6. The number of hydrogen-bond donors (Lipinski definition) is 0. The summed E-state index contributed by atoms with van der Waals surface area (Å²) < 4.78 is 7.13. The average molecular weight is 772 g/mol. The van der Waals surface area contributed by atoms with Crippen molar-refractivity contribution >= 4 is 79.8 Å². The monoisotopic (exact) mass is 771 g/mol. The molecule has 2 unspecified atom stereocenters. The van der Waals surface area contributed by atoms with Crippen molar-refractivity contribution in [2.24, 2.45) is 0 Å². The van der Waals surface area contributed by atoms with Crippen LogP contribution in [0.4, 0.5) is 45.5 Å². The molecule has 0 radical (unpaired) electrons. The van der Waals surface area contributed by atoms with Crippen LogP contribution in [-0.2, 0) is 16.2 Å². The van der Waals surface area contributed by atoms with Crippen molar-refractivity contribution in [2.45, 2.75) is 103 Å². The smallest absolute Gasteiger partial charge is 0.297 e. The molecule has 0 N–H and O–H groups in total. The second kappa shape index (κ2) is 12.4. The number of fused-ring (bicyclic) bond motifs is 9. The van der Waals surface area contributed by atoms with Crippen molar-refractivity contribution in [3.8, 4) is 0 Å². The Morgan fingerprint density at radius 2 is 1.14 bits per heavy atom. The normalized spacial score (nSPS) is 20.6. The van der Waals surface area contributed by atoms with Crippen molar-refractivity contribution in [1.29, 1.82) is 0 Å². The summed E-state index contributed by atoms with van der Waals surface area (Å²) >= 11 is 0. The van der Waals surface area contributed by atoms with Crippen LogP contribution >= 0.6 is 0 Å². The molecule has 0 amide bonds. The third kappa shape index (κ3) is 5.09. The van der Waals surface area contributed by atoms with E-state index in [0.717, 1.165) is 40.1 Å². The molecule has 294 valence electrons. The maximum atomic E-state index is 7.13. The number of rotatable bonds is 3. The highest BCUT2D eigenvalue weighted by molar-refractivity contribution is 7.00. The van der Waals surface area contributed by atoms with E-state index in [1.54, 1.807) is 0 Å². The van der Waals surface area contributed by atoms with Gasteiger partial charge >= 0.3 is 0 Å². The minimum Gasteiger partial charge on any atom is -0.468 e. The molecule has 4 nitrogen and oxygen atoms in total. The molecule has 4 heterocycles. The van der Waals surface area contributed by atoms with Gasteiger partial charge in [-0.25, -0.2) is 0 Å². The van der Waals surface area contributed by atoms with Crippen LogP contribution in [0.2, 0.25) is 0 Å². The van der Waals surface area contributed by atoms with E-state index in [4.69, 9.17) is 4.42 Å². The maximum Gasteiger partial charge on any atom is 0.297 e. The van der Waals surface area contributed by atoms with Gasteiger partial charge in [0.05, 0.1) is 16.9 Å². The SMILES string of the molecule is CC(C)(C)c1ccc(N2c3cc(N4c5ccccc5C5(C)CCCCC45C)ccc3B3c4oc5ccccc5c4N(c4ccc(C(C)(C)C)cc4)c4cccc2c43)cc1. The predicted molar refractivity (Wildman–Crippen MR) is 250 cm³/mol. The third-order valence-corrected chi connectivity index (χ3v) is 14.7. The zero-order valence-electron chi connectivity index (χ0n) is 35.9. The van der Waals surface area contributed by atoms with Gasteiger partial charge in [0.1, 0.15) is 5.58 Å². The van der Waals surface area contributed by atoms with Gasteiger partial charge in [-0.2, -0.15) is 0 Å². The van der Waals surface area contributed by atoms with Gasteiger partial charge in [0.15, 0.2) is 0 Å². The molecule has 1 fully saturated rings. The van der Waals surface area contributed by atoms with Gasteiger partial charge in [0.25, 0.3) is 6.71 Å². The molecule has 4 aliphatic rings. The minimum atomic E-state index is -0.0933. The third-order valence-electron chi connectivity index (χ3n) is 14.7. The quantitative estimate of drug-likeness (QED) is 0.167. The molecule has 1 aromatic heterocycles. The van der Waals surface area contributed by atoms with Gasteiger partial charge in [0.2, 0.25) is 0 Å².